The van der Waals surface area contributed by atoms with Crippen molar-refractivity contribution >= 4 is 40.6 Å². The third-order valence-corrected chi connectivity index (χ3v) is 4.12. The van der Waals surface area contributed by atoms with Crippen molar-refractivity contribution in [3.05, 3.63) is 70.6 Å². The van der Waals surface area contributed by atoms with Crippen LogP contribution in [0, 0.1) is 12.7 Å². The highest BCUT2D eigenvalue weighted by molar-refractivity contribution is 6.34. The number of halogens is 2. The van der Waals surface area contributed by atoms with E-state index in [2.05, 4.69) is 25.9 Å². The lowest BCUT2D eigenvalue weighted by atomic mass is 10.2. The molecule has 3 aromatic rings. The highest BCUT2D eigenvalue weighted by atomic mass is 35.5. The summed E-state index contributed by atoms with van der Waals surface area (Å²) < 4.78 is 13.9. The van der Waals surface area contributed by atoms with E-state index in [1.807, 2.05) is 19.9 Å². The lowest BCUT2D eigenvalue weighted by Crippen LogP contribution is -2.14. The first kappa shape index (κ1) is 19.6. The Labute approximate surface area is 167 Å². The largest absolute Gasteiger partial charge is 0.370 e. The first-order valence-electron chi connectivity index (χ1n) is 8.68. The normalized spacial score (nSPS) is 10.4. The molecule has 0 unspecified atom stereocenters. The molecule has 0 atom stereocenters. The van der Waals surface area contributed by atoms with Crippen LogP contribution >= 0.6 is 11.6 Å². The Bertz CT molecular complexity index is 974. The molecule has 0 aliphatic rings. The third-order valence-electron chi connectivity index (χ3n) is 3.80. The van der Waals surface area contributed by atoms with Crippen LogP contribution in [0.3, 0.4) is 0 Å². The maximum Gasteiger partial charge on any atom is 0.260 e. The van der Waals surface area contributed by atoms with Crippen LogP contribution in [0.25, 0.3) is 0 Å². The van der Waals surface area contributed by atoms with Crippen molar-refractivity contribution in [2.75, 3.05) is 22.5 Å². The molecule has 1 amide bonds. The average Bonchev–Trinajstić information content (AvgIpc) is 2.63. The molecule has 0 radical (unpaired) electrons. The quantitative estimate of drug-likeness (QED) is 0.543. The summed E-state index contributed by atoms with van der Waals surface area (Å²) in [6, 6.07) is 12.9. The summed E-state index contributed by atoms with van der Waals surface area (Å²) in [7, 11) is 0. The van der Waals surface area contributed by atoms with Crippen LogP contribution in [-0.2, 0) is 0 Å². The van der Waals surface area contributed by atoms with Crippen LogP contribution in [0.4, 0.5) is 27.5 Å². The van der Waals surface area contributed by atoms with Crippen molar-refractivity contribution in [3.63, 3.8) is 0 Å². The second-order valence-corrected chi connectivity index (χ2v) is 6.41. The minimum atomic E-state index is -0.670. The number of carbonyl (C=O) groups is 1. The predicted octanol–water partition coefficient (Wildman–Crippen LogP) is 5.01. The van der Waals surface area contributed by atoms with E-state index >= 15 is 0 Å². The van der Waals surface area contributed by atoms with Gasteiger partial charge in [-0.05, 0) is 50.2 Å². The predicted molar refractivity (Wildman–Crippen MR) is 110 cm³/mol. The van der Waals surface area contributed by atoms with Gasteiger partial charge in [-0.1, -0.05) is 17.7 Å². The molecule has 0 fully saturated rings. The van der Waals surface area contributed by atoms with E-state index in [1.54, 1.807) is 24.3 Å². The van der Waals surface area contributed by atoms with E-state index in [9.17, 15) is 9.18 Å². The van der Waals surface area contributed by atoms with Gasteiger partial charge in [-0.15, -0.1) is 0 Å². The van der Waals surface area contributed by atoms with Crippen molar-refractivity contribution in [1.82, 2.24) is 9.97 Å². The van der Waals surface area contributed by atoms with Gasteiger partial charge >= 0.3 is 0 Å². The van der Waals surface area contributed by atoms with Crippen LogP contribution in [0.1, 0.15) is 23.0 Å². The molecule has 3 rings (SSSR count). The molecule has 0 bridgehead atoms. The molecule has 0 spiro atoms. The summed E-state index contributed by atoms with van der Waals surface area (Å²) in [5, 5.41) is 8.96. The number of aromatic nitrogens is 2. The van der Waals surface area contributed by atoms with Gasteiger partial charge in [0.25, 0.3) is 5.91 Å². The first-order valence-corrected chi connectivity index (χ1v) is 9.06. The van der Waals surface area contributed by atoms with Gasteiger partial charge in [0, 0.05) is 29.7 Å². The van der Waals surface area contributed by atoms with Gasteiger partial charge in [0.1, 0.15) is 11.6 Å². The number of nitrogens with one attached hydrogen (secondary N) is 3. The van der Waals surface area contributed by atoms with Crippen molar-refractivity contribution in [3.8, 4) is 0 Å². The first-order chi connectivity index (χ1) is 13.5. The number of hydrogen-bond donors (Lipinski definition) is 3. The van der Waals surface area contributed by atoms with Gasteiger partial charge in [0.05, 0.1) is 10.6 Å². The molecule has 1 aromatic heterocycles. The van der Waals surface area contributed by atoms with Crippen LogP contribution in [0.5, 0.6) is 0 Å². The van der Waals surface area contributed by atoms with Crippen molar-refractivity contribution < 1.29 is 9.18 Å². The summed E-state index contributed by atoms with van der Waals surface area (Å²) in [5.41, 5.74) is 1.90. The third kappa shape index (κ3) is 4.75. The van der Waals surface area contributed by atoms with Crippen LogP contribution in [-0.4, -0.2) is 22.4 Å². The number of carbonyl (C=O) groups excluding carboxylic acids is 1. The standard InChI is InChI=1S/C20H19ClFN5O/c1-3-23-17-11-12(2)24-20(27-17)26-14-9-7-13(8-10-14)25-19(28)18-15(21)5-4-6-16(18)22/h4-11H,3H2,1-2H3,(H,25,28)(H2,23,24,26,27). The number of aryl methyl sites for hydroxylation is 1. The van der Waals surface area contributed by atoms with Gasteiger partial charge in [-0.25, -0.2) is 9.37 Å². The highest BCUT2D eigenvalue weighted by Crippen LogP contribution is 2.22. The SMILES string of the molecule is CCNc1cc(C)nc(Nc2ccc(NC(=O)c3c(F)cccc3Cl)cc2)n1. The number of benzene rings is 2. The Hall–Kier alpha value is -3.19. The lowest BCUT2D eigenvalue weighted by molar-refractivity contribution is 0.102. The van der Waals surface area contributed by atoms with E-state index in [0.717, 1.165) is 23.7 Å². The fourth-order valence-corrected chi connectivity index (χ4v) is 2.82. The van der Waals surface area contributed by atoms with Crippen LogP contribution in [0.15, 0.2) is 48.5 Å². The molecule has 0 aliphatic heterocycles. The zero-order valence-electron chi connectivity index (χ0n) is 15.4. The number of nitrogens with zero attached hydrogens (tertiary/aromatic N) is 2. The fraction of sp³-hybridized carbons (Fsp3) is 0.150. The molecule has 0 saturated heterocycles. The van der Waals surface area contributed by atoms with E-state index in [1.165, 1.54) is 18.2 Å². The minimum absolute atomic E-state index is 0.0591. The Kier molecular flexibility index (Phi) is 6.06. The Morgan fingerprint density at radius 3 is 2.50 bits per heavy atom. The highest BCUT2D eigenvalue weighted by Gasteiger charge is 2.15. The zero-order valence-corrected chi connectivity index (χ0v) is 16.1. The molecule has 3 N–H and O–H groups in total. The summed E-state index contributed by atoms with van der Waals surface area (Å²) in [6.07, 6.45) is 0. The van der Waals surface area contributed by atoms with Gasteiger partial charge in [-0.2, -0.15) is 4.98 Å². The van der Waals surface area contributed by atoms with Crippen molar-refractivity contribution in [2.24, 2.45) is 0 Å². The zero-order chi connectivity index (χ0) is 20.1. The topological polar surface area (TPSA) is 78.9 Å². The van der Waals surface area contributed by atoms with Crippen molar-refractivity contribution in [1.29, 1.82) is 0 Å². The maximum absolute atomic E-state index is 13.9. The number of hydrogen-bond acceptors (Lipinski definition) is 5. The van der Waals surface area contributed by atoms with Gasteiger partial charge in [-0.3, -0.25) is 4.79 Å². The van der Waals surface area contributed by atoms with Gasteiger partial charge in [0.15, 0.2) is 0 Å². The average molecular weight is 400 g/mol. The summed E-state index contributed by atoms with van der Waals surface area (Å²) in [5.74, 6) is -0.0773. The van der Waals surface area contributed by atoms with Gasteiger partial charge < -0.3 is 16.0 Å². The summed E-state index contributed by atoms with van der Waals surface area (Å²) >= 11 is 5.92. The molecular formula is C20H19ClFN5O. The number of amides is 1. The molecule has 144 valence electrons. The Balaban J connectivity index is 1.71. The number of anilines is 4. The second-order valence-electron chi connectivity index (χ2n) is 6.00. The molecule has 28 heavy (non-hydrogen) atoms. The smallest absolute Gasteiger partial charge is 0.260 e. The minimum Gasteiger partial charge on any atom is -0.370 e. The van der Waals surface area contributed by atoms with E-state index < -0.39 is 11.7 Å². The second kappa shape index (κ2) is 8.67. The van der Waals surface area contributed by atoms with Crippen LogP contribution in [0.2, 0.25) is 5.02 Å². The Morgan fingerprint density at radius 2 is 1.82 bits per heavy atom. The van der Waals surface area contributed by atoms with Gasteiger partial charge in [0.2, 0.25) is 5.95 Å². The fourth-order valence-electron chi connectivity index (χ4n) is 2.57. The van der Waals surface area contributed by atoms with E-state index in [0.29, 0.717) is 11.6 Å². The molecule has 6 nitrogen and oxygen atoms in total. The van der Waals surface area contributed by atoms with E-state index in [4.69, 9.17) is 11.6 Å². The van der Waals surface area contributed by atoms with Crippen molar-refractivity contribution in [2.45, 2.75) is 13.8 Å². The molecule has 8 heteroatoms. The van der Waals surface area contributed by atoms with E-state index in [-0.39, 0.29) is 10.6 Å². The Morgan fingerprint density at radius 1 is 1.11 bits per heavy atom. The molecule has 0 saturated carbocycles. The summed E-state index contributed by atoms with van der Waals surface area (Å²) in [6.45, 7) is 4.64. The molecule has 1 heterocycles. The monoisotopic (exact) mass is 399 g/mol. The number of rotatable bonds is 6. The summed E-state index contributed by atoms with van der Waals surface area (Å²) in [4.78, 5) is 21.0. The lowest BCUT2D eigenvalue weighted by Gasteiger charge is -2.10. The molecule has 2 aromatic carbocycles. The molecule has 0 aliphatic carbocycles. The maximum atomic E-state index is 13.9. The molecular weight excluding hydrogens is 381 g/mol. The van der Waals surface area contributed by atoms with Crippen LogP contribution < -0.4 is 16.0 Å².